The summed E-state index contributed by atoms with van der Waals surface area (Å²) >= 11 is 2.02. The summed E-state index contributed by atoms with van der Waals surface area (Å²) < 4.78 is 12.5. The largest absolute Gasteiger partial charge is 0.396 e. The molecule has 0 spiro atoms. The molecular weight excluding hydrogens is 601 g/mol. The van der Waals surface area contributed by atoms with E-state index in [-0.39, 0.29) is 80.8 Å². The molecule has 0 amide bonds. The SMILES string of the molecule is [3H]P=S(I)OCC(O)[C@@H]1C[C@@H](C(C)=O)C[C@H]1CO.[Ac]. The van der Waals surface area contributed by atoms with Crippen molar-refractivity contribution < 1.29 is 63.3 Å². The second-order valence-electron chi connectivity index (χ2n) is 4.44. The summed E-state index contributed by atoms with van der Waals surface area (Å²) in [5, 5.41) is 19.4. The molecule has 0 aromatic rings. The molecular formula is C10H18AcIO4PS. The van der Waals surface area contributed by atoms with Crippen LogP contribution in [-0.4, -0.2) is 36.6 Å². The number of aliphatic hydroxyl groups is 2. The average molecular weight is 621 g/mol. The smallest absolute Gasteiger partial charge is 0.132 e. The molecule has 0 aromatic heterocycles. The Labute approximate surface area is 161 Å². The van der Waals surface area contributed by atoms with Crippen molar-refractivity contribution in [2.45, 2.75) is 25.9 Å². The molecule has 103 valence electrons. The molecule has 1 aliphatic rings. The summed E-state index contributed by atoms with van der Waals surface area (Å²) in [5.74, 6) is -0.0296. The Morgan fingerprint density at radius 1 is 1.72 bits per heavy atom. The fourth-order valence-corrected chi connectivity index (χ4v) is 3.29. The van der Waals surface area contributed by atoms with Gasteiger partial charge in [0, 0.05) is 85.3 Å². The summed E-state index contributed by atoms with van der Waals surface area (Å²) in [6.45, 7) is 1.73. The van der Waals surface area contributed by atoms with Gasteiger partial charge < -0.3 is 14.4 Å². The molecule has 18 heavy (non-hydrogen) atoms. The quantitative estimate of drug-likeness (QED) is 0.349. The van der Waals surface area contributed by atoms with Crippen LogP contribution in [0.1, 0.15) is 19.8 Å². The zero-order valence-electron chi connectivity index (χ0n) is 11.2. The van der Waals surface area contributed by atoms with Crippen molar-refractivity contribution in [3.63, 3.8) is 0 Å². The molecule has 2 unspecified atom stereocenters. The maximum Gasteiger partial charge on any atom is 0.132 e. The van der Waals surface area contributed by atoms with E-state index in [4.69, 9.17) is 5.46 Å². The Balaban J connectivity index is 0.00000324. The fourth-order valence-electron chi connectivity index (χ4n) is 2.42. The van der Waals surface area contributed by atoms with Crippen LogP contribution in [0.4, 0.5) is 0 Å². The summed E-state index contributed by atoms with van der Waals surface area (Å²) in [6.07, 6.45) is 0.608. The number of halogens is 1. The molecule has 8 heteroatoms. The van der Waals surface area contributed by atoms with Crippen molar-refractivity contribution in [3.05, 3.63) is 0 Å². The number of rotatable bonds is 6. The predicted molar refractivity (Wildman–Crippen MR) is 79.1 cm³/mol. The fraction of sp³-hybridized carbons (Fsp3) is 0.900. The number of carbonyl (C=O) groups excluding carboxylic acids is 1. The van der Waals surface area contributed by atoms with Crippen LogP contribution in [-0.2, 0) is 16.5 Å². The van der Waals surface area contributed by atoms with E-state index in [2.05, 4.69) is 0 Å². The molecule has 2 N–H and O–H groups in total. The zero-order chi connectivity index (χ0) is 13.7. The van der Waals surface area contributed by atoms with Gasteiger partial charge in [0.25, 0.3) is 0 Å². The molecule has 1 fully saturated rings. The topological polar surface area (TPSA) is 66.8 Å². The number of Topliss-reactive ketones (excluding diaryl/α,β-unsaturated/α-hetero) is 1. The van der Waals surface area contributed by atoms with Crippen LogP contribution in [0.3, 0.4) is 0 Å². The molecule has 1 saturated carbocycles. The minimum atomic E-state index is -0.669. The molecule has 1 rings (SSSR count). The molecule has 4 nitrogen and oxygen atoms in total. The van der Waals surface area contributed by atoms with Crippen LogP contribution in [0.25, 0.3) is 0 Å². The third-order valence-corrected chi connectivity index (χ3v) is 4.80. The zero-order valence-corrected chi connectivity index (χ0v) is 18.8. The van der Waals surface area contributed by atoms with E-state index >= 15 is 0 Å². The monoisotopic (exact) mass is 621 g/mol. The van der Waals surface area contributed by atoms with E-state index in [1.165, 1.54) is 0 Å². The first-order valence-electron chi connectivity index (χ1n) is 5.92. The van der Waals surface area contributed by atoms with Gasteiger partial charge in [-0.05, 0) is 31.6 Å². The summed E-state index contributed by atoms with van der Waals surface area (Å²) in [5.41, 5.74) is 0. The number of hydrogen-bond donors (Lipinski definition) is 2. The second-order valence-corrected chi connectivity index (χ2v) is 10.6. The minimum absolute atomic E-state index is 0. The van der Waals surface area contributed by atoms with Gasteiger partial charge in [-0.3, -0.25) is 4.79 Å². The van der Waals surface area contributed by atoms with E-state index in [1.807, 2.05) is 21.2 Å². The van der Waals surface area contributed by atoms with Gasteiger partial charge in [0.05, 0.1) is 12.7 Å². The van der Waals surface area contributed by atoms with Crippen molar-refractivity contribution in [2.75, 3.05) is 13.2 Å². The van der Waals surface area contributed by atoms with Gasteiger partial charge in [0.2, 0.25) is 0 Å². The van der Waals surface area contributed by atoms with Crippen molar-refractivity contribution in [3.8, 4) is 0 Å². The third-order valence-electron chi connectivity index (χ3n) is 3.39. The maximum atomic E-state index is 11.4. The van der Waals surface area contributed by atoms with Crippen molar-refractivity contribution in [1.29, 1.82) is 1.28 Å². The van der Waals surface area contributed by atoms with E-state index in [0.29, 0.717) is 20.8 Å². The second kappa shape index (κ2) is 10.2. The van der Waals surface area contributed by atoms with E-state index < -0.39 is 13.6 Å². The summed E-state index contributed by atoms with van der Waals surface area (Å²) in [6, 6.07) is 0. The molecule has 0 bridgehead atoms. The van der Waals surface area contributed by atoms with Gasteiger partial charge in [0.1, 0.15) is 7.06 Å². The third kappa shape index (κ3) is 6.43. The molecule has 0 aliphatic heterocycles. The van der Waals surface area contributed by atoms with Crippen molar-refractivity contribution in [1.82, 2.24) is 0 Å². The predicted octanol–water partition coefficient (Wildman–Crippen LogP) is 1.53. The van der Waals surface area contributed by atoms with Crippen LogP contribution < -0.4 is 0 Å². The van der Waals surface area contributed by atoms with Gasteiger partial charge in [0.15, 0.2) is 0 Å². The molecule has 0 aromatic carbocycles. The van der Waals surface area contributed by atoms with Crippen LogP contribution >= 0.6 is 29.2 Å². The Kier molecular flexibility index (Phi) is 10.4. The van der Waals surface area contributed by atoms with Crippen LogP contribution in [0.5, 0.6) is 0 Å². The average Bonchev–Trinajstić information content (AvgIpc) is 2.79. The number of carbonyl (C=O) groups is 1. The van der Waals surface area contributed by atoms with E-state index in [9.17, 15) is 15.0 Å². The van der Waals surface area contributed by atoms with Gasteiger partial charge in [-0.1, -0.05) is 7.96 Å². The van der Waals surface area contributed by atoms with Gasteiger partial charge in [-0.2, -0.15) is 0 Å². The van der Waals surface area contributed by atoms with Crippen LogP contribution in [0, 0.1) is 61.8 Å². The molecule has 0 saturated heterocycles. The Bertz CT molecular complexity index is 337. The Morgan fingerprint density at radius 3 is 2.89 bits per heavy atom. The standard InChI is InChI=1S/C10H18IO4PS.Ac/c1-6(13)7-2-8(4-12)9(3-7)10(14)5-15-17(11)16;/h7-10,12,14,16H,2-5H2,1H3;/t7-,8-,9+,10?,17?;/m0./s1/i16T;. The van der Waals surface area contributed by atoms with Crippen LogP contribution in [0.2, 0.25) is 0 Å². The van der Waals surface area contributed by atoms with Gasteiger partial charge in [-0.25, -0.2) is 0 Å². The first-order chi connectivity index (χ1) is 8.49. The molecule has 0 heterocycles. The number of ketones is 1. The Morgan fingerprint density at radius 2 is 2.39 bits per heavy atom. The van der Waals surface area contributed by atoms with Crippen LogP contribution in [0.15, 0.2) is 0 Å². The van der Waals surface area contributed by atoms with E-state index in [1.54, 1.807) is 6.92 Å². The van der Waals surface area contributed by atoms with Gasteiger partial charge >= 0.3 is 0 Å². The molecule has 5 atom stereocenters. The molecule has 1 aliphatic carbocycles. The molecule has 1 radical (unpaired) electrons. The van der Waals surface area contributed by atoms with Crippen molar-refractivity contribution >= 4 is 42.5 Å². The first kappa shape index (κ1) is 18.4. The van der Waals surface area contributed by atoms with Crippen molar-refractivity contribution in [2.24, 2.45) is 17.8 Å². The number of hydrogen-bond acceptors (Lipinski definition) is 4. The minimum Gasteiger partial charge on any atom is -0.396 e. The summed E-state index contributed by atoms with van der Waals surface area (Å²) in [7, 11) is -0.107. The Hall–Kier alpha value is 2.37. The maximum absolute atomic E-state index is 11.4. The number of aliphatic hydroxyl groups excluding tert-OH is 2. The summed E-state index contributed by atoms with van der Waals surface area (Å²) in [4.78, 5) is 11.4. The van der Waals surface area contributed by atoms with Gasteiger partial charge in [-0.15, -0.1) is 0 Å². The van der Waals surface area contributed by atoms with E-state index in [0.717, 1.165) is 0 Å². The first-order valence-corrected chi connectivity index (χ1v) is 10.2. The normalized spacial score (nSPS) is 31.6.